The largest absolute Gasteiger partial charge is 0.228 e. The summed E-state index contributed by atoms with van der Waals surface area (Å²) < 4.78 is 25.5. The van der Waals surface area contributed by atoms with Crippen molar-refractivity contribution < 1.29 is 8.42 Å². The van der Waals surface area contributed by atoms with E-state index in [2.05, 4.69) is 0 Å². The molecule has 0 saturated carbocycles. The van der Waals surface area contributed by atoms with Crippen LogP contribution >= 0.6 is 0 Å². The van der Waals surface area contributed by atoms with Crippen LogP contribution in [0.4, 0.5) is 0 Å². The van der Waals surface area contributed by atoms with Gasteiger partial charge >= 0.3 is 0 Å². The van der Waals surface area contributed by atoms with Crippen LogP contribution in [0.3, 0.4) is 0 Å². The van der Waals surface area contributed by atoms with Gasteiger partial charge in [0.1, 0.15) is 5.25 Å². The maximum Gasteiger partial charge on any atom is 0.161 e. The van der Waals surface area contributed by atoms with Crippen molar-refractivity contribution in [3.63, 3.8) is 0 Å². The normalized spacial score (nSPS) is 12.0. The van der Waals surface area contributed by atoms with Gasteiger partial charge in [0.2, 0.25) is 0 Å². The third-order valence-electron chi connectivity index (χ3n) is 3.13. The van der Waals surface area contributed by atoms with Crippen LogP contribution in [0.25, 0.3) is 0 Å². The third-order valence-corrected chi connectivity index (χ3v) is 5.52. The van der Waals surface area contributed by atoms with Gasteiger partial charge in [-0.3, -0.25) is 0 Å². The number of hydrogen-bond donors (Lipinski definition) is 0. The summed E-state index contributed by atoms with van der Waals surface area (Å²) in [7, 11) is -3.23. The van der Waals surface area contributed by atoms with Crippen molar-refractivity contribution in [2.75, 3.05) is 5.75 Å². The zero-order valence-electron chi connectivity index (χ0n) is 11.9. The maximum absolute atomic E-state index is 12.7. The van der Waals surface area contributed by atoms with E-state index < -0.39 is 15.1 Å². The van der Waals surface area contributed by atoms with Crippen LogP contribution in [-0.4, -0.2) is 14.2 Å². The second-order valence-electron chi connectivity index (χ2n) is 5.42. The summed E-state index contributed by atoms with van der Waals surface area (Å²) in [5, 5.41) is -0.577. The van der Waals surface area contributed by atoms with Gasteiger partial charge in [0, 0.05) is 0 Å². The van der Waals surface area contributed by atoms with Gasteiger partial charge in [-0.25, -0.2) is 8.42 Å². The molecule has 2 rings (SSSR count). The molecule has 2 nitrogen and oxygen atoms in total. The third kappa shape index (κ3) is 3.48. The zero-order valence-corrected chi connectivity index (χ0v) is 12.7. The minimum Gasteiger partial charge on any atom is -0.228 e. The van der Waals surface area contributed by atoms with Crippen LogP contribution in [0.15, 0.2) is 60.7 Å². The van der Waals surface area contributed by atoms with E-state index in [1.807, 2.05) is 74.5 Å². The first kappa shape index (κ1) is 14.8. The fraction of sp³-hybridized carbons (Fsp3) is 0.294. The molecule has 2 aromatic rings. The van der Waals surface area contributed by atoms with Crippen molar-refractivity contribution in [2.24, 2.45) is 5.92 Å². The highest BCUT2D eigenvalue weighted by Gasteiger charge is 2.29. The molecular formula is C17H20O2S. The first-order valence-electron chi connectivity index (χ1n) is 6.82. The predicted molar refractivity (Wildman–Crippen MR) is 83.4 cm³/mol. The summed E-state index contributed by atoms with van der Waals surface area (Å²) in [6, 6.07) is 18.9. The van der Waals surface area contributed by atoms with E-state index in [0.717, 1.165) is 11.1 Å². The van der Waals surface area contributed by atoms with Crippen LogP contribution in [-0.2, 0) is 9.84 Å². The van der Waals surface area contributed by atoms with Gasteiger partial charge in [-0.05, 0) is 17.0 Å². The lowest BCUT2D eigenvalue weighted by atomic mass is 10.0. The Balaban J connectivity index is 2.51. The average molecular weight is 288 g/mol. The molecule has 0 amide bonds. The van der Waals surface area contributed by atoms with E-state index in [9.17, 15) is 8.42 Å². The second-order valence-corrected chi connectivity index (χ2v) is 7.56. The van der Waals surface area contributed by atoms with E-state index in [1.165, 1.54) is 0 Å². The summed E-state index contributed by atoms with van der Waals surface area (Å²) in [6.45, 7) is 3.87. The highest BCUT2D eigenvalue weighted by molar-refractivity contribution is 7.91. The SMILES string of the molecule is CC(C)CS(=O)(=O)C(c1ccccc1)c1ccccc1. The maximum atomic E-state index is 12.7. The summed E-state index contributed by atoms with van der Waals surface area (Å²) in [6.07, 6.45) is 0. The van der Waals surface area contributed by atoms with Crippen molar-refractivity contribution >= 4 is 9.84 Å². The van der Waals surface area contributed by atoms with Crippen molar-refractivity contribution in [3.05, 3.63) is 71.8 Å². The van der Waals surface area contributed by atoms with E-state index in [0.29, 0.717) is 0 Å². The molecule has 0 unspecified atom stereocenters. The fourth-order valence-corrected chi connectivity index (χ4v) is 4.69. The second kappa shape index (κ2) is 6.23. The molecule has 0 spiro atoms. The first-order valence-corrected chi connectivity index (χ1v) is 8.53. The van der Waals surface area contributed by atoms with Crippen molar-refractivity contribution in [1.82, 2.24) is 0 Å². The zero-order chi connectivity index (χ0) is 14.6. The lowest BCUT2D eigenvalue weighted by Gasteiger charge is -2.20. The van der Waals surface area contributed by atoms with Crippen LogP contribution < -0.4 is 0 Å². The number of sulfone groups is 1. The molecule has 0 aliphatic carbocycles. The van der Waals surface area contributed by atoms with Gasteiger partial charge < -0.3 is 0 Å². The smallest absolute Gasteiger partial charge is 0.161 e. The predicted octanol–water partition coefficient (Wildman–Crippen LogP) is 3.85. The molecule has 3 heteroatoms. The van der Waals surface area contributed by atoms with Crippen LogP contribution in [0.5, 0.6) is 0 Å². The molecule has 0 aromatic heterocycles. The van der Waals surface area contributed by atoms with Gasteiger partial charge in [-0.15, -0.1) is 0 Å². The molecule has 0 fully saturated rings. The minimum atomic E-state index is -3.23. The molecular weight excluding hydrogens is 268 g/mol. The Bertz CT molecular complexity index is 592. The standard InChI is InChI=1S/C17H20O2S/c1-14(2)13-20(18,19)17(15-9-5-3-6-10-15)16-11-7-4-8-12-16/h3-12,14,17H,13H2,1-2H3. The molecule has 0 heterocycles. The van der Waals surface area contributed by atoms with Crippen molar-refractivity contribution in [1.29, 1.82) is 0 Å². The molecule has 0 atom stereocenters. The Labute approximate surface area is 121 Å². The molecule has 2 aromatic carbocycles. The highest BCUT2D eigenvalue weighted by Crippen LogP contribution is 2.31. The number of hydrogen-bond acceptors (Lipinski definition) is 2. The lowest BCUT2D eigenvalue weighted by Crippen LogP contribution is -2.21. The Morgan fingerprint density at radius 1 is 0.800 bits per heavy atom. The van der Waals surface area contributed by atoms with Gasteiger partial charge in [0.25, 0.3) is 0 Å². The van der Waals surface area contributed by atoms with Crippen molar-refractivity contribution in [3.8, 4) is 0 Å². The van der Waals surface area contributed by atoms with E-state index in [-0.39, 0.29) is 11.7 Å². The quantitative estimate of drug-likeness (QED) is 0.837. The average Bonchev–Trinajstić information content (AvgIpc) is 2.39. The van der Waals surface area contributed by atoms with Gasteiger partial charge in [0.15, 0.2) is 9.84 Å². The monoisotopic (exact) mass is 288 g/mol. The highest BCUT2D eigenvalue weighted by atomic mass is 32.2. The molecule has 0 N–H and O–H groups in total. The van der Waals surface area contributed by atoms with Crippen LogP contribution in [0.1, 0.15) is 30.2 Å². The summed E-state index contributed by atoms with van der Waals surface area (Å²) in [5.74, 6) is 0.316. The summed E-state index contributed by atoms with van der Waals surface area (Å²) in [5.41, 5.74) is 1.67. The first-order chi connectivity index (χ1) is 9.50. The molecule has 20 heavy (non-hydrogen) atoms. The minimum absolute atomic E-state index is 0.120. The molecule has 0 aliphatic heterocycles. The van der Waals surface area contributed by atoms with Crippen LogP contribution in [0.2, 0.25) is 0 Å². The topological polar surface area (TPSA) is 34.1 Å². The molecule has 0 radical (unpaired) electrons. The Hall–Kier alpha value is -1.61. The van der Waals surface area contributed by atoms with Crippen LogP contribution in [0, 0.1) is 5.92 Å². The number of rotatable bonds is 5. The number of benzene rings is 2. The molecule has 0 bridgehead atoms. The fourth-order valence-electron chi connectivity index (χ4n) is 2.42. The van der Waals surface area contributed by atoms with Gasteiger partial charge in [-0.1, -0.05) is 74.5 Å². The molecule has 0 saturated heterocycles. The van der Waals surface area contributed by atoms with Gasteiger partial charge in [-0.2, -0.15) is 0 Å². The summed E-state index contributed by atoms with van der Waals surface area (Å²) in [4.78, 5) is 0. The van der Waals surface area contributed by atoms with Crippen molar-refractivity contribution in [2.45, 2.75) is 19.1 Å². The van der Waals surface area contributed by atoms with E-state index in [1.54, 1.807) is 0 Å². The van der Waals surface area contributed by atoms with E-state index >= 15 is 0 Å². The van der Waals surface area contributed by atoms with E-state index in [4.69, 9.17) is 0 Å². The molecule has 106 valence electrons. The Morgan fingerprint density at radius 3 is 1.55 bits per heavy atom. The Morgan fingerprint density at radius 2 is 1.20 bits per heavy atom. The van der Waals surface area contributed by atoms with Gasteiger partial charge in [0.05, 0.1) is 5.75 Å². The summed E-state index contributed by atoms with van der Waals surface area (Å²) >= 11 is 0. The Kier molecular flexibility index (Phi) is 4.61. The lowest BCUT2D eigenvalue weighted by molar-refractivity contribution is 0.575. The molecule has 0 aliphatic rings.